The van der Waals surface area contributed by atoms with Crippen LogP contribution in [0.15, 0.2) is 52.1 Å². The van der Waals surface area contributed by atoms with Crippen LogP contribution in [0.5, 0.6) is 0 Å². The molecule has 1 N–H and O–H groups in total. The molecule has 0 saturated heterocycles. The maximum absolute atomic E-state index is 11.8. The molecule has 19 heavy (non-hydrogen) atoms. The molecule has 0 radical (unpaired) electrons. The molecule has 0 aliphatic rings. The van der Waals surface area contributed by atoms with Crippen LogP contribution >= 0.6 is 0 Å². The van der Waals surface area contributed by atoms with E-state index in [4.69, 9.17) is 4.42 Å². The lowest BCUT2D eigenvalue weighted by Gasteiger charge is -2.07. The lowest BCUT2D eigenvalue weighted by Crippen LogP contribution is -2.17. The van der Waals surface area contributed by atoms with E-state index in [1.54, 1.807) is 36.4 Å². The van der Waals surface area contributed by atoms with Gasteiger partial charge in [-0.15, -0.1) is 10.2 Å². The van der Waals surface area contributed by atoms with Gasteiger partial charge in [-0.2, -0.15) is 5.21 Å². The summed E-state index contributed by atoms with van der Waals surface area (Å²) < 4.78 is 4.99. The Balaban J connectivity index is 1.94. The molecule has 3 aromatic rings. The summed E-state index contributed by atoms with van der Waals surface area (Å²) in [5, 5.41) is 25.3. The fourth-order valence-electron chi connectivity index (χ4n) is 1.57. The summed E-state index contributed by atoms with van der Waals surface area (Å²) in [6.07, 6.45) is 1.43. The van der Waals surface area contributed by atoms with E-state index < -0.39 is 5.90 Å². The van der Waals surface area contributed by atoms with Crippen molar-refractivity contribution in [3.8, 4) is 11.4 Å². The smallest absolute Gasteiger partial charge is 0.204 e. The number of H-pyrrole nitrogens is 1. The van der Waals surface area contributed by atoms with Crippen LogP contribution in [0.4, 0.5) is 5.69 Å². The molecule has 0 saturated carbocycles. The monoisotopic (exact) mass is 254 g/mol. The van der Waals surface area contributed by atoms with E-state index in [2.05, 4.69) is 25.6 Å². The zero-order valence-corrected chi connectivity index (χ0v) is 9.65. The van der Waals surface area contributed by atoms with E-state index in [1.807, 2.05) is 0 Å². The van der Waals surface area contributed by atoms with Crippen molar-refractivity contribution >= 4 is 11.6 Å². The predicted molar refractivity (Wildman–Crippen MR) is 64.5 cm³/mol. The van der Waals surface area contributed by atoms with Gasteiger partial charge in [0.2, 0.25) is 5.82 Å². The topological polar surface area (TPSA) is 103 Å². The third-order valence-corrected chi connectivity index (χ3v) is 2.41. The first-order valence-corrected chi connectivity index (χ1v) is 5.46. The van der Waals surface area contributed by atoms with Crippen LogP contribution in [0, 0.1) is 0 Å². The Morgan fingerprint density at radius 1 is 1.26 bits per heavy atom. The van der Waals surface area contributed by atoms with Gasteiger partial charge in [-0.05, 0) is 29.5 Å². The molecule has 7 nitrogen and oxygen atoms in total. The third kappa shape index (κ3) is 2.34. The second kappa shape index (κ2) is 4.73. The quantitative estimate of drug-likeness (QED) is 0.552. The number of hydrogen-bond acceptors (Lipinski definition) is 6. The van der Waals surface area contributed by atoms with E-state index in [9.17, 15) is 5.11 Å². The molecule has 0 fully saturated rings. The molecule has 0 amide bonds. The molecule has 0 aliphatic heterocycles. The van der Waals surface area contributed by atoms with E-state index in [0.717, 1.165) is 5.56 Å². The Morgan fingerprint density at radius 2 is 2.21 bits per heavy atom. The molecular formula is C12H8N5O2-. The molecular weight excluding hydrogens is 246 g/mol. The Labute approximate surface area is 107 Å². The first-order valence-electron chi connectivity index (χ1n) is 5.46. The third-order valence-electron chi connectivity index (χ3n) is 2.41. The van der Waals surface area contributed by atoms with E-state index in [0.29, 0.717) is 11.5 Å². The number of aromatic nitrogens is 4. The normalized spacial score (nSPS) is 11.7. The van der Waals surface area contributed by atoms with Crippen molar-refractivity contribution in [3.05, 3.63) is 48.4 Å². The molecule has 2 aromatic heterocycles. The number of nitrogens with one attached hydrogen (secondary N) is 1. The van der Waals surface area contributed by atoms with Crippen molar-refractivity contribution in [2.24, 2.45) is 4.99 Å². The lowest BCUT2D eigenvalue weighted by atomic mass is 10.2. The van der Waals surface area contributed by atoms with Crippen molar-refractivity contribution in [1.29, 1.82) is 0 Å². The second-order valence-electron chi connectivity index (χ2n) is 3.68. The van der Waals surface area contributed by atoms with Crippen molar-refractivity contribution in [2.75, 3.05) is 0 Å². The van der Waals surface area contributed by atoms with Gasteiger partial charge in [0.1, 0.15) is 5.76 Å². The standard InChI is InChI=1S/C12H9N5O2/c18-12(10-5-2-6-19-10)13-9-4-1-3-8(7-9)11-14-16-17-15-11/h1-7H,(H,13,18)(H,14,15,16,17)/p-1. The molecule has 0 aliphatic carbocycles. The molecule has 0 atom stereocenters. The number of tetrazole rings is 1. The average molecular weight is 254 g/mol. The largest absolute Gasteiger partial charge is 0.856 e. The Morgan fingerprint density at radius 3 is 2.95 bits per heavy atom. The highest BCUT2D eigenvalue weighted by atomic mass is 16.4. The SMILES string of the molecule is [O-]C(=Nc1cccc(-c2nn[nH]n2)c1)c1ccco1. The zero-order chi connectivity index (χ0) is 13.1. The summed E-state index contributed by atoms with van der Waals surface area (Å²) in [5.74, 6) is 0.211. The van der Waals surface area contributed by atoms with Gasteiger partial charge in [0.25, 0.3) is 0 Å². The van der Waals surface area contributed by atoms with Crippen LogP contribution in [0.3, 0.4) is 0 Å². The number of aliphatic imine (C=N–C) groups is 1. The summed E-state index contributed by atoms with van der Waals surface area (Å²) in [6.45, 7) is 0. The van der Waals surface area contributed by atoms with E-state index in [1.165, 1.54) is 6.26 Å². The number of furan rings is 1. The number of hydrogen-bond donors (Lipinski definition) is 1. The number of benzene rings is 1. The average Bonchev–Trinajstić information content (AvgIpc) is 3.13. The minimum absolute atomic E-state index is 0.199. The maximum Gasteiger partial charge on any atom is 0.204 e. The summed E-state index contributed by atoms with van der Waals surface area (Å²) in [6, 6.07) is 10.2. The maximum atomic E-state index is 11.8. The van der Waals surface area contributed by atoms with Gasteiger partial charge in [0, 0.05) is 11.5 Å². The minimum atomic E-state index is -0.435. The predicted octanol–water partition coefficient (Wildman–Crippen LogP) is 0.898. The molecule has 0 spiro atoms. The second-order valence-corrected chi connectivity index (χ2v) is 3.68. The summed E-state index contributed by atoms with van der Waals surface area (Å²) in [7, 11) is 0. The number of aromatic amines is 1. The Hall–Kier alpha value is -2.96. The highest BCUT2D eigenvalue weighted by molar-refractivity contribution is 5.89. The summed E-state index contributed by atoms with van der Waals surface area (Å²) in [4.78, 5) is 3.95. The lowest BCUT2D eigenvalue weighted by molar-refractivity contribution is -0.214. The number of rotatable bonds is 3. The van der Waals surface area contributed by atoms with Crippen molar-refractivity contribution in [1.82, 2.24) is 20.6 Å². The van der Waals surface area contributed by atoms with Crippen LogP contribution in [0.2, 0.25) is 0 Å². The first kappa shape index (κ1) is 11.1. The van der Waals surface area contributed by atoms with Crippen LogP contribution < -0.4 is 5.11 Å². The van der Waals surface area contributed by atoms with Gasteiger partial charge in [-0.3, -0.25) is 4.99 Å². The summed E-state index contributed by atoms with van der Waals surface area (Å²) >= 11 is 0. The fourth-order valence-corrected chi connectivity index (χ4v) is 1.57. The Kier molecular flexibility index (Phi) is 2.77. The van der Waals surface area contributed by atoms with Crippen molar-refractivity contribution in [3.63, 3.8) is 0 Å². The van der Waals surface area contributed by atoms with Crippen molar-refractivity contribution in [2.45, 2.75) is 0 Å². The van der Waals surface area contributed by atoms with E-state index >= 15 is 0 Å². The molecule has 7 heteroatoms. The van der Waals surface area contributed by atoms with Gasteiger partial charge in [-0.25, -0.2) is 0 Å². The summed E-state index contributed by atoms with van der Waals surface area (Å²) in [5.41, 5.74) is 1.23. The molecule has 1 aromatic carbocycles. The Bertz CT molecular complexity index is 689. The van der Waals surface area contributed by atoms with Crippen molar-refractivity contribution < 1.29 is 9.52 Å². The van der Waals surface area contributed by atoms with Gasteiger partial charge in [0.15, 0.2) is 0 Å². The molecule has 3 rings (SSSR count). The molecule has 94 valence electrons. The van der Waals surface area contributed by atoms with Crippen LogP contribution in [-0.4, -0.2) is 26.5 Å². The molecule has 0 bridgehead atoms. The van der Waals surface area contributed by atoms with Gasteiger partial charge in [0.05, 0.1) is 12.0 Å². The van der Waals surface area contributed by atoms with Gasteiger partial charge in [-0.1, -0.05) is 12.1 Å². The van der Waals surface area contributed by atoms with Crippen LogP contribution in [-0.2, 0) is 0 Å². The first-order chi connectivity index (χ1) is 9.33. The highest BCUT2D eigenvalue weighted by Crippen LogP contribution is 2.20. The minimum Gasteiger partial charge on any atom is -0.856 e. The van der Waals surface area contributed by atoms with Crippen LogP contribution in [0.25, 0.3) is 11.4 Å². The van der Waals surface area contributed by atoms with Gasteiger partial charge >= 0.3 is 0 Å². The highest BCUT2D eigenvalue weighted by Gasteiger charge is 2.03. The van der Waals surface area contributed by atoms with Crippen LogP contribution in [0.1, 0.15) is 5.76 Å². The zero-order valence-electron chi connectivity index (χ0n) is 9.65. The van der Waals surface area contributed by atoms with E-state index in [-0.39, 0.29) is 5.76 Å². The molecule has 0 unspecified atom stereocenters. The molecule has 2 heterocycles. The fraction of sp³-hybridized carbons (Fsp3) is 0. The van der Waals surface area contributed by atoms with Gasteiger partial charge < -0.3 is 9.52 Å². The number of nitrogens with zero attached hydrogens (tertiary/aromatic N) is 4.